The van der Waals surface area contributed by atoms with Crippen LogP contribution in [0.5, 0.6) is 0 Å². The molecule has 0 aromatic carbocycles. The summed E-state index contributed by atoms with van der Waals surface area (Å²) in [5, 5.41) is 0. The number of hydrogen-bond donors (Lipinski definition) is 0. The zero-order valence-electron chi connectivity index (χ0n) is 9.01. The number of carbonyl (C=O) groups is 3. The standard InChI is InChI=1S/C11H12O5/c1-5-3-4-6(9(12)15-2)8-7(5)10(13)16-11(8)14/h3-8H,1-2H3/t5-,6+,7-,8+/m0/s1. The maximum atomic E-state index is 11.5. The Morgan fingerprint density at radius 3 is 2.50 bits per heavy atom. The van der Waals surface area contributed by atoms with Crippen molar-refractivity contribution < 1.29 is 23.9 Å². The molecule has 5 nitrogen and oxygen atoms in total. The van der Waals surface area contributed by atoms with E-state index < -0.39 is 35.7 Å². The summed E-state index contributed by atoms with van der Waals surface area (Å²) in [6, 6.07) is 0. The first-order valence-corrected chi connectivity index (χ1v) is 5.08. The lowest BCUT2D eigenvalue weighted by atomic mass is 9.72. The minimum Gasteiger partial charge on any atom is -0.469 e. The molecule has 4 atom stereocenters. The third-order valence-electron chi connectivity index (χ3n) is 3.18. The lowest BCUT2D eigenvalue weighted by Crippen LogP contribution is -2.37. The van der Waals surface area contributed by atoms with E-state index in [1.165, 1.54) is 7.11 Å². The normalized spacial score (nSPS) is 36.9. The summed E-state index contributed by atoms with van der Waals surface area (Å²) in [7, 11) is 1.26. The molecule has 1 fully saturated rings. The first kappa shape index (κ1) is 10.9. The van der Waals surface area contributed by atoms with E-state index in [0.717, 1.165) is 0 Å². The molecule has 2 aliphatic rings. The molecule has 0 spiro atoms. The van der Waals surface area contributed by atoms with Crippen LogP contribution in [0, 0.1) is 23.7 Å². The molecule has 5 heteroatoms. The highest BCUT2D eigenvalue weighted by Crippen LogP contribution is 2.40. The Hall–Kier alpha value is -1.65. The Balaban J connectivity index is 2.37. The zero-order chi connectivity index (χ0) is 11.9. The van der Waals surface area contributed by atoms with Gasteiger partial charge in [0.1, 0.15) is 0 Å². The van der Waals surface area contributed by atoms with Crippen LogP contribution in [0.4, 0.5) is 0 Å². The highest BCUT2D eigenvalue weighted by molar-refractivity contribution is 5.99. The van der Waals surface area contributed by atoms with Crippen molar-refractivity contribution in [2.24, 2.45) is 23.7 Å². The summed E-state index contributed by atoms with van der Waals surface area (Å²) in [5.74, 6) is -3.75. The molecule has 0 aromatic heterocycles. The molecular formula is C11H12O5. The van der Waals surface area contributed by atoms with Gasteiger partial charge < -0.3 is 9.47 Å². The molecule has 16 heavy (non-hydrogen) atoms. The largest absolute Gasteiger partial charge is 0.469 e. The van der Waals surface area contributed by atoms with Gasteiger partial charge in [0.05, 0.1) is 24.9 Å². The predicted octanol–water partition coefficient (Wildman–Crippen LogP) is 0.297. The summed E-state index contributed by atoms with van der Waals surface area (Å²) >= 11 is 0. The highest BCUT2D eigenvalue weighted by atomic mass is 16.6. The fourth-order valence-electron chi connectivity index (χ4n) is 2.34. The Morgan fingerprint density at radius 2 is 1.88 bits per heavy atom. The number of hydrogen-bond acceptors (Lipinski definition) is 5. The van der Waals surface area contributed by atoms with Gasteiger partial charge in [0.2, 0.25) is 0 Å². The number of esters is 3. The summed E-state index contributed by atoms with van der Waals surface area (Å²) in [6.07, 6.45) is 3.38. The number of rotatable bonds is 1. The molecule has 0 aromatic rings. The third kappa shape index (κ3) is 1.43. The van der Waals surface area contributed by atoms with Gasteiger partial charge in [-0.05, 0) is 5.92 Å². The predicted molar refractivity (Wildman–Crippen MR) is 51.9 cm³/mol. The van der Waals surface area contributed by atoms with E-state index in [9.17, 15) is 14.4 Å². The Labute approximate surface area is 92.4 Å². The summed E-state index contributed by atoms with van der Waals surface area (Å²) in [6.45, 7) is 1.82. The van der Waals surface area contributed by atoms with Gasteiger partial charge in [-0.1, -0.05) is 19.1 Å². The van der Waals surface area contributed by atoms with Crippen LogP contribution in [0.3, 0.4) is 0 Å². The summed E-state index contributed by atoms with van der Waals surface area (Å²) < 4.78 is 9.19. The zero-order valence-corrected chi connectivity index (χ0v) is 9.01. The van der Waals surface area contributed by atoms with E-state index in [2.05, 4.69) is 9.47 Å². The van der Waals surface area contributed by atoms with Crippen LogP contribution in [0.25, 0.3) is 0 Å². The van der Waals surface area contributed by atoms with Gasteiger partial charge in [-0.25, -0.2) is 0 Å². The van der Waals surface area contributed by atoms with E-state index in [1.54, 1.807) is 12.2 Å². The van der Waals surface area contributed by atoms with E-state index in [0.29, 0.717) is 0 Å². The summed E-state index contributed by atoms with van der Waals surface area (Å²) in [5.41, 5.74) is 0. The van der Waals surface area contributed by atoms with Crippen LogP contribution >= 0.6 is 0 Å². The Morgan fingerprint density at radius 1 is 1.25 bits per heavy atom. The van der Waals surface area contributed by atoms with Crippen molar-refractivity contribution in [1.29, 1.82) is 0 Å². The molecule has 1 saturated heterocycles. The topological polar surface area (TPSA) is 69.7 Å². The molecule has 2 rings (SSSR count). The molecule has 1 heterocycles. The first-order valence-electron chi connectivity index (χ1n) is 5.08. The molecule has 86 valence electrons. The van der Waals surface area contributed by atoms with E-state index in [1.807, 2.05) is 6.92 Å². The van der Waals surface area contributed by atoms with Gasteiger partial charge in [-0.15, -0.1) is 0 Å². The van der Waals surface area contributed by atoms with Gasteiger partial charge in [0.15, 0.2) is 0 Å². The van der Waals surface area contributed by atoms with Gasteiger partial charge >= 0.3 is 17.9 Å². The molecule has 0 amide bonds. The van der Waals surface area contributed by atoms with E-state index >= 15 is 0 Å². The number of carbonyl (C=O) groups excluding carboxylic acids is 3. The second-order valence-corrected chi connectivity index (χ2v) is 4.08. The maximum absolute atomic E-state index is 11.5. The molecule has 0 radical (unpaired) electrons. The van der Waals surface area contributed by atoms with Crippen molar-refractivity contribution in [3.8, 4) is 0 Å². The lowest BCUT2D eigenvalue weighted by molar-refractivity contribution is -0.156. The van der Waals surface area contributed by atoms with Crippen LogP contribution in [0.1, 0.15) is 6.92 Å². The summed E-state index contributed by atoms with van der Waals surface area (Å²) in [4.78, 5) is 34.4. The van der Waals surface area contributed by atoms with Crippen molar-refractivity contribution in [2.75, 3.05) is 7.11 Å². The van der Waals surface area contributed by atoms with Crippen LogP contribution in [0.2, 0.25) is 0 Å². The van der Waals surface area contributed by atoms with Crippen molar-refractivity contribution >= 4 is 17.9 Å². The quantitative estimate of drug-likeness (QED) is 0.364. The van der Waals surface area contributed by atoms with E-state index in [4.69, 9.17) is 0 Å². The van der Waals surface area contributed by atoms with Gasteiger partial charge in [-0.2, -0.15) is 0 Å². The van der Waals surface area contributed by atoms with Crippen molar-refractivity contribution in [2.45, 2.75) is 6.92 Å². The minimum absolute atomic E-state index is 0.0927. The minimum atomic E-state index is -0.722. The molecule has 0 N–H and O–H groups in total. The third-order valence-corrected chi connectivity index (χ3v) is 3.18. The smallest absolute Gasteiger partial charge is 0.318 e. The van der Waals surface area contributed by atoms with Crippen molar-refractivity contribution in [3.63, 3.8) is 0 Å². The Bertz CT molecular complexity index is 384. The van der Waals surface area contributed by atoms with Crippen LogP contribution in [-0.2, 0) is 23.9 Å². The van der Waals surface area contributed by atoms with Crippen LogP contribution in [-0.4, -0.2) is 25.0 Å². The van der Waals surface area contributed by atoms with Gasteiger partial charge in [-0.3, -0.25) is 14.4 Å². The fourth-order valence-corrected chi connectivity index (χ4v) is 2.34. The molecular weight excluding hydrogens is 212 g/mol. The second-order valence-electron chi connectivity index (χ2n) is 4.08. The van der Waals surface area contributed by atoms with E-state index in [-0.39, 0.29) is 5.92 Å². The fraction of sp³-hybridized carbons (Fsp3) is 0.545. The maximum Gasteiger partial charge on any atom is 0.318 e. The number of cyclic esters (lactones) is 2. The van der Waals surface area contributed by atoms with Crippen molar-refractivity contribution in [3.05, 3.63) is 12.2 Å². The first-order chi connectivity index (χ1) is 7.56. The van der Waals surface area contributed by atoms with Crippen LogP contribution in [0.15, 0.2) is 12.2 Å². The molecule has 0 unspecified atom stereocenters. The number of ether oxygens (including phenoxy) is 2. The molecule has 0 bridgehead atoms. The second kappa shape index (κ2) is 3.73. The number of allylic oxidation sites excluding steroid dienone is 1. The van der Waals surface area contributed by atoms with Gasteiger partial charge in [0, 0.05) is 0 Å². The van der Waals surface area contributed by atoms with Gasteiger partial charge in [0.25, 0.3) is 0 Å². The molecule has 1 aliphatic carbocycles. The average Bonchev–Trinajstić information content (AvgIpc) is 2.55. The SMILES string of the molecule is COC(=O)[C@@H]1C=C[C@H](C)[C@@H]2C(=O)OC(=O)[C@@H]21. The van der Waals surface area contributed by atoms with Crippen molar-refractivity contribution in [1.82, 2.24) is 0 Å². The number of methoxy groups -OCH3 is 1. The average molecular weight is 224 g/mol. The lowest BCUT2D eigenvalue weighted by Gasteiger charge is -2.26. The molecule has 1 aliphatic heterocycles. The highest BCUT2D eigenvalue weighted by Gasteiger charge is 2.53. The Kier molecular flexibility index (Phi) is 2.53. The number of fused-ring (bicyclic) bond motifs is 1. The van der Waals surface area contributed by atoms with Crippen LogP contribution < -0.4 is 0 Å². The monoisotopic (exact) mass is 224 g/mol. The molecule has 0 saturated carbocycles.